The van der Waals surface area contributed by atoms with Gasteiger partial charge in [0.05, 0.1) is 0 Å². The number of hydrogen-bond donors (Lipinski definition) is 2. The molecule has 86 valence electrons. The molecule has 1 amide bonds. The molecule has 1 saturated heterocycles. The molecular formula is C11H21N3O. The van der Waals surface area contributed by atoms with Crippen LogP contribution in [0.3, 0.4) is 0 Å². The van der Waals surface area contributed by atoms with Gasteiger partial charge in [-0.15, -0.1) is 0 Å². The first kappa shape index (κ1) is 10.9. The third-order valence-electron chi connectivity index (χ3n) is 3.53. The van der Waals surface area contributed by atoms with Crippen molar-refractivity contribution in [2.24, 2.45) is 5.73 Å². The smallest absolute Gasteiger partial charge is 0.238 e. The summed E-state index contributed by atoms with van der Waals surface area (Å²) in [4.78, 5) is 11.8. The summed E-state index contributed by atoms with van der Waals surface area (Å²) in [6.45, 7) is 2.73. The van der Waals surface area contributed by atoms with Gasteiger partial charge in [0.1, 0.15) is 0 Å². The van der Waals surface area contributed by atoms with Gasteiger partial charge in [-0.2, -0.15) is 0 Å². The topological polar surface area (TPSA) is 58.4 Å². The molecule has 1 aliphatic carbocycles. The molecule has 4 nitrogen and oxygen atoms in total. The summed E-state index contributed by atoms with van der Waals surface area (Å²) in [5, 5.41) is 1.79. The molecule has 0 radical (unpaired) electrons. The van der Waals surface area contributed by atoms with Crippen molar-refractivity contribution in [2.75, 3.05) is 6.54 Å². The van der Waals surface area contributed by atoms with E-state index < -0.39 is 0 Å². The Hall–Kier alpha value is -0.610. The molecule has 0 bridgehead atoms. The normalized spacial score (nSPS) is 26.5. The first-order chi connectivity index (χ1) is 7.11. The number of nitrogens with one attached hydrogen (secondary N) is 1. The van der Waals surface area contributed by atoms with E-state index in [0.717, 1.165) is 25.8 Å². The van der Waals surface area contributed by atoms with E-state index in [1.807, 2.05) is 6.92 Å². The molecule has 4 heteroatoms. The molecule has 1 saturated carbocycles. The number of hydrazine groups is 1. The van der Waals surface area contributed by atoms with E-state index in [1.54, 1.807) is 5.01 Å². The molecule has 1 heterocycles. The highest BCUT2D eigenvalue weighted by Crippen LogP contribution is 2.36. The summed E-state index contributed by atoms with van der Waals surface area (Å²) in [6, 6.07) is 0.166. The van der Waals surface area contributed by atoms with Crippen LogP contribution >= 0.6 is 0 Å². The minimum absolute atomic E-state index is 0.106. The number of amides is 1. The molecule has 0 aromatic heterocycles. The van der Waals surface area contributed by atoms with Crippen molar-refractivity contribution in [1.82, 2.24) is 10.4 Å². The van der Waals surface area contributed by atoms with Crippen LogP contribution in [0.25, 0.3) is 0 Å². The van der Waals surface area contributed by atoms with Gasteiger partial charge in [0.2, 0.25) is 5.91 Å². The van der Waals surface area contributed by atoms with Gasteiger partial charge in [-0.1, -0.05) is 12.8 Å². The van der Waals surface area contributed by atoms with Crippen molar-refractivity contribution >= 4 is 5.91 Å². The van der Waals surface area contributed by atoms with Crippen molar-refractivity contribution in [1.29, 1.82) is 0 Å². The van der Waals surface area contributed by atoms with Crippen molar-refractivity contribution in [3.8, 4) is 0 Å². The second-order valence-electron chi connectivity index (χ2n) is 5.09. The fourth-order valence-electron chi connectivity index (χ4n) is 2.63. The second-order valence-corrected chi connectivity index (χ2v) is 5.09. The molecule has 2 rings (SSSR count). The SMILES string of the molecule is CC(N)CCN1NC2(CCCC2)CC1=O. The molecular weight excluding hydrogens is 190 g/mol. The largest absolute Gasteiger partial charge is 0.328 e. The summed E-state index contributed by atoms with van der Waals surface area (Å²) in [6.07, 6.45) is 6.35. The zero-order valence-electron chi connectivity index (χ0n) is 9.46. The minimum Gasteiger partial charge on any atom is -0.328 e. The number of nitrogens with zero attached hydrogens (tertiary/aromatic N) is 1. The van der Waals surface area contributed by atoms with Gasteiger partial charge in [0.15, 0.2) is 0 Å². The van der Waals surface area contributed by atoms with Gasteiger partial charge < -0.3 is 5.73 Å². The molecule has 1 unspecified atom stereocenters. The Morgan fingerprint density at radius 3 is 2.80 bits per heavy atom. The minimum atomic E-state index is 0.106. The first-order valence-electron chi connectivity index (χ1n) is 5.95. The first-order valence-corrected chi connectivity index (χ1v) is 5.95. The summed E-state index contributed by atoms with van der Waals surface area (Å²) in [5.41, 5.74) is 9.20. The Kier molecular flexibility index (Phi) is 2.98. The average molecular weight is 211 g/mol. The predicted molar refractivity (Wildman–Crippen MR) is 58.9 cm³/mol. The Morgan fingerprint density at radius 1 is 1.53 bits per heavy atom. The molecule has 1 atom stereocenters. The van der Waals surface area contributed by atoms with E-state index in [-0.39, 0.29) is 17.5 Å². The number of rotatable bonds is 3. The van der Waals surface area contributed by atoms with Crippen LogP contribution in [0, 0.1) is 0 Å². The van der Waals surface area contributed by atoms with E-state index >= 15 is 0 Å². The van der Waals surface area contributed by atoms with Crippen LogP contribution in [0.1, 0.15) is 45.4 Å². The Labute approximate surface area is 91.2 Å². The highest BCUT2D eigenvalue weighted by Gasteiger charge is 2.44. The van der Waals surface area contributed by atoms with Gasteiger partial charge in [0.25, 0.3) is 0 Å². The van der Waals surface area contributed by atoms with Gasteiger partial charge >= 0.3 is 0 Å². The summed E-state index contributed by atoms with van der Waals surface area (Å²) < 4.78 is 0. The van der Waals surface area contributed by atoms with E-state index in [0.29, 0.717) is 6.42 Å². The zero-order chi connectivity index (χ0) is 10.9. The van der Waals surface area contributed by atoms with Crippen molar-refractivity contribution < 1.29 is 4.79 Å². The summed E-state index contributed by atoms with van der Waals surface area (Å²) >= 11 is 0. The zero-order valence-corrected chi connectivity index (χ0v) is 9.46. The van der Waals surface area contributed by atoms with Crippen LogP contribution in [0.4, 0.5) is 0 Å². The Balaban J connectivity index is 1.89. The lowest BCUT2D eigenvalue weighted by Crippen LogP contribution is -2.45. The average Bonchev–Trinajstić information content (AvgIpc) is 2.72. The van der Waals surface area contributed by atoms with Gasteiger partial charge in [-0.3, -0.25) is 9.80 Å². The van der Waals surface area contributed by atoms with Gasteiger partial charge in [-0.05, 0) is 26.2 Å². The Morgan fingerprint density at radius 2 is 2.20 bits per heavy atom. The standard InChI is InChI=1S/C11H21N3O/c1-9(12)4-7-14-10(15)8-11(13-14)5-2-3-6-11/h9,13H,2-8,12H2,1H3. The molecule has 0 aromatic rings. The van der Waals surface area contributed by atoms with E-state index in [1.165, 1.54) is 12.8 Å². The Bertz CT molecular complexity index is 246. The molecule has 2 fully saturated rings. The van der Waals surface area contributed by atoms with Gasteiger partial charge in [0, 0.05) is 24.5 Å². The maximum Gasteiger partial charge on any atom is 0.238 e. The lowest BCUT2D eigenvalue weighted by molar-refractivity contribution is -0.129. The van der Waals surface area contributed by atoms with E-state index in [9.17, 15) is 4.79 Å². The molecule has 3 N–H and O–H groups in total. The van der Waals surface area contributed by atoms with Crippen molar-refractivity contribution in [3.63, 3.8) is 0 Å². The van der Waals surface area contributed by atoms with E-state index in [4.69, 9.17) is 5.73 Å². The number of nitrogens with two attached hydrogens (primary N) is 1. The van der Waals surface area contributed by atoms with Crippen molar-refractivity contribution in [3.05, 3.63) is 0 Å². The van der Waals surface area contributed by atoms with Crippen LogP contribution in [0.2, 0.25) is 0 Å². The summed E-state index contributed by atoms with van der Waals surface area (Å²) in [7, 11) is 0. The predicted octanol–water partition coefficient (Wildman–Crippen LogP) is 0.773. The monoisotopic (exact) mass is 211 g/mol. The van der Waals surface area contributed by atoms with Gasteiger partial charge in [-0.25, -0.2) is 5.43 Å². The lowest BCUT2D eigenvalue weighted by Gasteiger charge is -2.25. The molecule has 15 heavy (non-hydrogen) atoms. The summed E-state index contributed by atoms with van der Waals surface area (Å²) in [5.74, 6) is 0.248. The van der Waals surface area contributed by atoms with Crippen LogP contribution < -0.4 is 11.2 Å². The fraction of sp³-hybridized carbons (Fsp3) is 0.909. The van der Waals surface area contributed by atoms with Crippen LogP contribution in [-0.4, -0.2) is 29.0 Å². The number of carbonyl (C=O) groups is 1. The maximum absolute atomic E-state index is 11.8. The number of carbonyl (C=O) groups excluding carboxylic acids is 1. The molecule has 1 aliphatic heterocycles. The molecule has 1 spiro atoms. The third-order valence-corrected chi connectivity index (χ3v) is 3.53. The van der Waals surface area contributed by atoms with Crippen LogP contribution in [0.15, 0.2) is 0 Å². The quantitative estimate of drug-likeness (QED) is 0.725. The third kappa shape index (κ3) is 2.32. The fourth-order valence-corrected chi connectivity index (χ4v) is 2.63. The molecule has 2 aliphatic rings. The number of hydrogen-bond acceptors (Lipinski definition) is 3. The lowest BCUT2D eigenvalue weighted by atomic mass is 9.96. The van der Waals surface area contributed by atoms with Crippen LogP contribution in [0.5, 0.6) is 0 Å². The highest BCUT2D eigenvalue weighted by molar-refractivity contribution is 5.79. The molecule has 0 aromatic carbocycles. The highest BCUT2D eigenvalue weighted by atomic mass is 16.2. The van der Waals surface area contributed by atoms with E-state index in [2.05, 4.69) is 5.43 Å². The maximum atomic E-state index is 11.8. The van der Waals surface area contributed by atoms with Crippen molar-refractivity contribution in [2.45, 2.75) is 57.0 Å². The van der Waals surface area contributed by atoms with Crippen LogP contribution in [-0.2, 0) is 4.79 Å². The second kappa shape index (κ2) is 4.10.